The number of aryl methyl sites for hydroxylation is 4. The first-order chi connectivity index (χ1) is 9.20. The molecular weight excluding hydrogens is 238 g/mol. The van der Waals surface area contributed by atoms with Crippen molar-refractivity contribution in [2.45, 2.75) is 33.4 Å². The van der Waals surface area contributed by atoms with Gasteiger partial charge in [-0.1, -0.05) is 6.08 Å². The number of anilines is 1. The minimum atomic E-state index is 0.731. The van der Waals surface area contributed by atoms with Crippen molar-refractivity contribution in [2.75, 3.05) is 11.9 Å². The molecule has 0 bridgehead atoms. The lowest BCUT2D eigenvalue weighted by Gasteiger charge is -2.09. The highest BCUT2D eigenvalue weighted by Gasteiger charge is 2.03. The Kier molecular flexibility index (Phi) is 4.39. The highest BCUT2D eigenvalue weighted by molar-refractivity contribution is 5.26. The fraction of sp³-hybridized carbons (Fsp3) is 0.429. The molecule has 0 fully saturated rings. The summed E-state index contributed by atoms with van der Waals surface area (Å²) >= 11 is 0. The molecule has 19 heavy (non-hydrogen) atoms. The third kappa shape index (κ3) is 3.47. The lowest BCUT2D eigenvalue weighted by molar-refractivity contribution is 0.518. The normalized spacial score (nSPS) is 10.6. The molecule has 0 saturated heterocycles. The molecule has 0 aliphatic heterocycles. The minimum absolute atomic E-state index is 0.731. The molecule has 2 aromatic heterocycles. The molecule has 0 aliphatic rings. The van der Waals surface area contributed by atoms with Gasteiger partial charge in [0.05, 0.1) is 5.69 Å². The number of rotatable bonds is 7. The van der Waals surface area contributed by atoms with Crippen LogP contribution >= 0.6 is 0 Å². The van der Waals surface area contributed by atoms with Crippen LogP contribution in [-0.4, -0.2) is 25.9 Å². The van der Waals surface area contributed by atoms with Crippen LogP contribution in [0.2, 0.25) is 0 Å². The largest absolute Gasteiger partial charge is 0.352 e. The van der Waals surface area contributed by atoms with Crippen LogP contribution in [0.5, 0.6) is 0 Å². The Morgan fingerprint density at radius 3 is 2.89 bits per heavy atom. The summed E-state index contributed by atoms with van der Waals surface area (Å²) in [4.78, 5) is 4.28. The van der Waals surface area contributed by atoms with E-state index in [2.05, 4.69) is 44.2 Å². The molecule has 102 valence electrons. The van der Waals surface area contributed by atoms with Crippen LogP contribution < -0.4 is 5.32 Å². The number of nitrogens with zero attached hydrogens (tertiary/aromatic N) is 4. The highest BCUT2D eigenvalue weighted by Crippen LogP contribution is 2.07. The van der Waals surface area contributed by atoms with Crippen LogP contribution in [0.15, 0.2) is 31.1 Å². The Balaban J connectivity index is 1.87. The summed E-state index contributed by atoms with van der Waals surface area (Å²) in [5.41, 5.74) is 2.29. The van der Waals surface area contributed by atoms with E-state index >= 15 is 0 Å². The van der Waals surface area contributed by atoms with Crippen molar-refractivity contribution < 1.29 is 0 Å². The van der Waals surface area contributed by atoms with Crippen LogP contribution in [0.4, 0.5) is 5.95 Å². The molecule has 0 atom stereocenters. The van der Waals surface area contributed by atoms with Crippen molar-refractivity contribution in [3.05, 3.63) is 42.5 Å². The SMILES string of the molecule is C=CCNc1nccn1CCCn1nc(C)cc1C. The van der Waals surface area contributed by atoms with E-state index in [1.54, 1.807) is 0 Å². The number of hydrogen-bond acceptors (Lipinski definition) is 3. The first-order valence-corrected chi connectivity index (χ1v) is 6.57. The van der Waals surface area contributed by atoms with Gasteiger partial charge >= 0.3 is 0 Å². The van der Waals surface area contributed by atoms with Crippen LogP contribution in [-0.2, 0) is 13.1 Å². The Morgan fingerprint density at radius 1 is 1.37 bits per heavy atom. The maximum absolute atomic E-state index is 4.46. The maximum Gasteiger partial charge on any atom is 0.203 e. The van der Waals surface area contributed by atoms with Crippen molar-refractivity contribution in [1.29, 1.82) is 0 Å². The van der Waals surface area contributed by atoms with E-state index in [0.29, 0.717) is 0 Å². The van der Waals surface area contributed by atoms with E-state index in [9.17, 15) is 0 Å². The summed E-state index contributed by atoms with van der Waals surface area (Å²) < 4.78 is 4.18. The smallest absolute Gasteiger partial charge is 0.203 e. The average Bonchev–Trinajstić information content (AvgIpc) is 2.94. The number of aromatic nitrogens is 4. The first kappa shape index (κ1) is 13.4. The second-order valence-corrected chi connectivity index (χ2v) is 4.62. The van der Waals surface area contributed by atoms with Gasteiger partial charge in [0.25, 0.3) is 0 Å². The third-order valence-electron chi connectivity index (χ3n) is 2.99. The third-order valence-corrected chi connectivity index (χ3v) is 2.99. The zero-order chi connectivity index (χ0) is 13.7. The second kappa shape index (κ2) is 6.22. The zero-order valence-electron chi connectivity index (χ0n) is 11.6. The van der Waals surface area contributed by atoms with Crippen molar-refractivity contribution in [3.63, 3.8) is 0 Å². The molecule has 0 aromatic carbocycles. The fourth-order valence-electron chi connectivity index (χ4n) is 2.11. The van der Waals surface area contributed by atoms with Gasteiger partial charge in [0.2, 0.25) is 5.95 Å². The summed E-state index contributed by atoms with van der Waals surface area (Å²) in [6.45, 7) is 10.4. The van der Waals surface area contributed by atoms with E-state index < -0.39 is 0 Å². The lowest BCUT2D eigenvalue weighted by atomic mass is 10.4. The van der Waals surface area contributed by atoms with E-state index in [4.69, 9.17) is 0 Å². The molecule has 0 aliphatic carbocycles. The summed E-state index contributed by atoms with van der Waals surface area (Å²) in [7, 11) is 0. The molecule has 0 amide bonds. The second-order valence-electron chi connectivity index (χ2n) is 4.62. The Hall–Kier alpha value is -2.04. The van der Waals surface area contributed by atoms with Gasteiger partial charge in [-0.3, -0.25) is 4.68 Å². The van der Waals surface area contributed by atoms with E-state index in [1.165, 1.54) is 5.69 Å². The molecular formula is C14H21N5. The van der Waals surface area contributed by atoms with Crippen molar-refractivity contribution in [3.8, 4) is 0 Å². The summed E-state index contributed by atoms with van der Waals surface area (Å²) in [6, 6.07) is 2.11. The molecule has 5 heteroatoms. The van der Waals surface area contributed by atoms with E-state index in [-0.39, 0.29) is 0 Å². The maximum atomic E-state index is 4.46. The van der Waals surface area contributed by atoms with Gasteiger partial charge in [0.15, 0.2) is 0 Å². The summed E-state index contributed by atoms with van der Waals surface area (Å²) in [6.07, 6.45) is 6.66. The molecule has 5 nitrogen and oxygen atoms in total. The van der Waals surface area contributed by atoms with Gasteiger partial charge in [0, 0.05) is 37.7 Å². The lowest BCUT2D eigenvalue weighted by Crippen LogP contribution is -2.10. The number of imidazole rings is 1. The van der Waals surface area contributed by atoms with Gasteiger partial charge in [-0.2, -0.15) is 5.10 Å². The molecule has 2 aromatic rings. The van der Waals surface area contributed by atoms with Gasteiger partial charge < -0.3 is 9.88 Å². The van der Waals surface area contributed by atoms with Crippen LogP contribution in [0, 0.1) is 13.8 Å². The highest BCUT2D eigenvalue weighted by atomic mass is 15.3. The van der Waals surface area contributed by atoms with Crippen molar-refractivity contribution in [1.82, 2.24) is 19.3 Å². The van der Waals surface area contributed by atoms with Gasteiger partial charge in [-0.05, 0) is 26.3 Å². The molecule has 1 N–H and O–H groups in total. The van der Waals surface area contributed by atoms with Crippen molar-refractivity contribution >= 4 is 5.95 Å². The molecule has 2 rings (SSSR count). The standard InChI is InChI=1S/C14H21N5/c1-4-6-15-14-16-7-10-18(14)8-5-9-19-13(3)11-12(2)17-19/h4,7,10-11H,1,5-6,8-9H2,2-3H3,(H,15,16). The Bertz CT molecular complexity index is 538. The fourth-order valence-corrected chi connectivity index (χ4v) is 2.11. The topological polar surface area (TPSA) is 47.7 Å². The minimum Gasteiger partial charge on any atom is -0.352 e. The van der Waals surface area contributed by atoms with Crippen LogP contribution in [0.25, 0.3) is 0 Å². The summed E-state index contributed by atoms with van der Waals surface area (Å²) in [5.74, 6) is 0.897. The van der Waals surface area contributed by atoms with E-state index in [1.807, 2.05) is 25.4 Å². The number of hydrogen-bond donors (Lipinski definition) is 1. The Morgan fingerprint density at radius 2 is 2.21 bits per heavy atom. The van der Waals surface area contributed by atoms with Gasteiger partial charge in [-0.25, -0.2) is 4.98 Å². The molecule has 0 radical (unpaired) electrons. The quantitative estimate of drug-likeness (QED) is 0.777. The summed E-state index contributed by atoms with van der Waals surface area (Å²) in [5, 5.41) is 7.68. The molecule has 0 spiro atoms. The van der Waals surface area contributed by atoms with Gasteiger partial charge in [-0.15, -0.1) is 6.58 Å². The Labute approximate surface area is 114 Å². The molecule has 0 saturated carbocycles. The first-order valence-electron chi connectivity index (χ1n) is 6.57. The van der Waals surface area contributed by atoms with Crippen LogP contribution in [0.3, 0.4) is 0 Å². The molecule has 2 heterocycles. The average molecular weight is 259 g/mol. The van der Waals surface area contributed by atoms with Gasteiger partial charge in [0.1, 0.15) is 0 Å². The molecule has 0 unspecified atom stereocenters. The van der Waals surface area contributed by atoms with E-state index in [0.717, 1.165) is 37.7 Å². The predicted molar refractivity (Wildman–Crippen MR) is 77.2 cm³/mol. The van der Waals surface area contributed by atoms with Crippen LogP contribution in [0.1, 0.15) is 17.8 Å². The zero-order valence-corrected chi connectivity index (χ0v) is 11.6. The monoisotopic (exact) mass is 259 g/mol. The number of nitrogens with one attached hydrogen (secondary N) is 1. The predicted octanol–water partition coefficient (Wildman–Crippen LogP) is 2.38. The van der Waals surface area contributed by atoms with Crippen molar-refractivity contribution in [2.24, 2.45) is 0 Å².